The van der Waals surface area contributed by atoms with Crippen molar-refractivity contribution in [3.05, 3.63) is 70.8 Å². The highest BCUT2D eigenvalue weighted by Crippen LogP contribution is 2.36. The fourth-order valence-corrected chi connectivity index (χ4v) is 3.78. The lowest BCUT2D eigenvalue weighted by atomic mass is 9.86. The minimum Gasteiger partial charge on any atom is -0.331 e. The Bertz CT molecular complexity index is 783. The SMILES string of the molecule is CCCC(=O)N(Cc1ccc(C(F)(F)F)cc1)C1CCCc2ccccc21. The zero-order valence-corrected chi connectivity index (χ0v) is 15.4. The number of nitrogens with zero attached hydrogens (tertiary/aromatic N) is 1. The molecule has 0 fully saturated rings. The maximum Gasteiger partial charge on any atom is 0.416 e. The first-order valence-corrected chi connectivity index (χ1v) is 9.43. The molecule has 144 valence electrons. The number of benzene rings is 2. The maximum atomic E-state index is 12.8. The van der Waals surface area contributed by atoms with Crippen LogP contribution in [0.4, 0.5) is 13.2 Å². The first-order valence-electron chi connectivity index (χ1n) is 9.43. The Hall–Kier alpha value is -2.30. The largest absolute Gasteiger partial charge is 0.416 e. The topological polar surface area (TPSA) is 20.3 Å². The molecule has 0 aromatic heterocycles. The van der Waals surface area contributed by atoms with Crippen LogP contribution in [-0.2, 0) is 23.9 Å². The van der Waals surface area contributed by atoms with Gasteiger partial charge in [0.1, 0.15) is 0 Å². The van der Waals surface area contributed by atoms with Crippen LogP contribution in [0, 0.1) is 0 Å². The van der Waals surface area contributed by atoms with Crippen molar-refractivity contribution in [3.8, 4) is 0 Å². The Morgan fingerprint density at radius 3 is 2.48 bits per heavy atom. The molecule has 5 heteroatoms. The van der Waals surface area contributed by atoms with Crippen LogP contribution in [0.25, 0.3) is 0 Å². The molecule has 0 heterocycles. The first kappa shape index (κ1) is 19.5. The van der Waals surface area contributed by atoms with E-state index in [1.807, 2.05) is 24.0 Å². The normalized spacial score (nSPS) is 16.7. The lowest BCUT2D eigenvalue weighted by Crippen LogP contribution is -2.36. The summed E-state index contributed by atoms with van der Waals surface area (Å²) < 4.78 is 38.4. The van der Waals surface area contributed by atoms with Gasteiger partial charge in [0.15, 0.2) is 0 Å². The second-order valence-corrected chi connectivity index (χ2v) is 7.07. The number of rotatable bonds is 5. The monoisotopic (exact) mass is 375 g/mol. The lowest BCUT2D eigenvalue weighted by Gasteiger charge is -2.36. The fourth-order valence-electron chi connectivity index (χ4n) is 3.78. The fraction of sp³-hybridized carbons (Fsp3) is 0.409. The summed E-state index contributed by atoms with van der Waals surface area (Å²) in [7, 11) is 0. The van der Waals surface area contributed by atoms with E-state index < -0.39 is 11.7 Å². The van der Waals surface area contributed by atoms with Crippen LogP contribution >= 0.6 is 0 Å². The van der Waals surface area contributed by atoms with Crippen molar-refractivity contribution in [2.45, 2.75) is 57.8 Å². The molecule has 0 radical (unpaired) electrons. The highest BCUT2D eigenvalue weighted by molar-refractivity contribution is 5.76. The van der Waals surface area contributed by atoms with Crippen molar-refractivity contribution >= 4 is 5.91 Å². The lowest BCUT2D eigenvalue weighted by molar-refractivity contribution is -0.138. The van der Waals surface area contributed by atoms with E-state index in [-0.39, 0.29) is 11.9 Å². The number of hydrogen-bond donors (Lipinski definition) is 0. The molecule has 1 aliphatic carbocycles. The molecule has 1 aliphatic rings. The molecule has 0 saturated heterocycles. The molecule has 1 unspecified atom stereocenters. The van der Waals surface area contributed by atoms with Crippen molar-refractivity contribution < 1.29 is 18.0 Å². The second-order valence-electron chi connectivity index (χ2n) is 7.07. The van der Waals surface area contributed by atoms with Crippen LogP contribution in [0.2, 0.25) is 0 Å². The smallest absolute Gasteiger partial charge is 0.331 e. The van der Waals surface area contributed by atoms with E-state index in [1.54, 1.807) is 0 Å². The Morgan fingerprint density at radius 1 is 1.11 bits per heavy atom. The minimum absolute atomic E-state index is 0.0173. The summed E-state index contributed by atoms with van der Waals surface area (Å²) >= 11 is 0. The highest BCUT2D eigenvalue weighted by atomic mass is 19.4. The number of halogens is 3. The van der Waals surface area contributed by atoms with Crippen LogP contribution in [0.15, 0.2) is 48.5 Å². The molecule has 1 atom stereocenters. The van der Waals surface area contributed by atoms with E-state index in [1.165, 1.54) is 23.3 Å². The minimum atomic E-state index is -4.35. The Kier molecular flexibility index (Phi) is 5.88. The average molecular weight is 375 g/mol. The molecule has 0 N–H and O–H groups in total. The van der Waals surface area contributed by atoms with Crippen molar-refractivity contribution in [2.24, 2.45) is 0 Å². The molecule has 1 amide bonds. The number of aryl methyl sites for hydroxylation is 1. The Balaban J connectivity index is 1.88. The van der Waals surface area contributed by atoms with E-state index in [0.717, 1.165) is 43.4 Å². The van der Waals surface area contributed by atoms with Gasteiger partial charge in [-0.15, -0.1) is 0 Å². The number of amides is 1. The zero-order valence-electron chi connectivity index (χ0n) is 15.4. The van der Waals surface area contributed by atoms with Crippen LogP contribution in [-0.4, -0.2) is 10.8 Å². The van der Waals surface area contributed by atoms with E-state index in [4.69, 9.17) is 0 Å². The number of carbonyl (C=O) groups excluding carboxylic acids is 1. The van der Waals surface area contributed by atoms with Gasteiger partial charge in [0.25, 0.3) is 0 Å². The van der Waals surface area contributed by atoms with Gasteiger partial charge in [0.2, 0.25) is 5.91 Å². The molecule has 0 bridgehead atoms. The summed E-state index contributed by atoms with van der Waals surface area (Å²) in [6.45, 7) is 2.29. The quantitative estimate of drug-likeness (QED) is 0.636. The number of alkyl halides is 3. The second kappa shape index (κ2) is 8.15. The summed E-state index contributed by atoms with van der Waals surface area (Å²) in [6, 6.07) is 13.3. The molecule has 2 nitrogen and oxygen atoms in total. The standard InChI is InChI=1S/C22H24F3NO/c1-2-6-21(27)26(15-16-11-13-18(14-12-16)22(23,24)25)20-10-5-8-17-7-3-4-9-19(17)20/h3-4,7,9,11-14,20H,2,5-6,8,10,15H2,1H3. The zero-order chi connectivity index (χ0) is 19.4. The van der Waals surface area contributed by atoms with E-state index in [0.29, 0.717) is 13.0 Å². The summed E-state index contributed by atoms with van der Waals surface area (Å²) in [5.74, 6) is 0.0547. The van der Waals surface area contributed by atoms with E-state index in [9.17, 15) is 18.0 Å². The van der Waals surface area contributed by atoms with Gasteiger partial charge in [-0.05, 0) is 54.5 Å². The molecule has 27 heavy (non-hydrogen) atoms. The van der Waals surface area contributed by atoms with E-state index in [2.05, 4.69) is 12.1 Å². The molecule has 2 aromatic carbocycles. The predicted molar refractivity (Wildman–Crippen MR) is 99.0 cm³/mol. The van der Waals surface area contributed by atoms with Crippen LogP contribution in [0.3, 0.4) is 0 Å². The third-order valence-corrected chi connectivity index (χ3v) is 5.13. The third kappa shape index (κ3) is 4.52. The molecule has 0 spiro atoms. The summed E-state index contributed by atoms with van der Waals surface area (Å²) in [5, 5.41) is 0. The summed E-state index contributed by atoms with van der Waals surface area (Å²) in [4.78, 5) is 14.7. The van der Waals surface area contributed by atoms with Gasteiger partial charge in [-0.25, -0.2) is 0 Å². The van der Waals surface area contributed by atoms with Crippen molar-refractivity contribution in [3.63, 3.8) is 0 Å². The van der Waals surface area contributed by atoms with Crippen molar-refractivity contribution in [1.82, 2.24) is 4.90 Å². The van der Waals surface area contributed by atoms with Gasteiger partial charge in [0.05, 0.1) is 11.6 Å². The number of fused-ring (bicyclic) bond motifs is 1. The summed E-state index contributed by atoms with van der Waals surface area (Å²) in [6.07, 6.45) is -0.269. The molecular weight excluding hydrogens is 351 g/mol. The van der Waals surface area contributed by atoms with Crippen LogP contribution in [0.5, 0.6) is 0 Å². The van der Waals surface area contributed by atoms with Crippen LogP contribution in [0.1, 0.15) is 60.9 Å². The molecular formula is C22H24F3NO. The Morgan fingerprint density at radius 2 is 1.81 bits per heavy atom. The number of hydrogen-bond acceptors (Lipinski definition) is 1. The van der Waals surface area contributed by atoms with Gasteiger partial charge in [-0.1, -0.05) is 43.3 Å². The van der Waals surface area contributed by atoms with Crippen LogP contribution < -0.4 is 0 Å². The molecule has 2 aromatic rings. The maximum absolute atomic E-state index is 12.8. The highest BCUT2D eigenvalue weighted by Gasteiger charge is 2.31. The Labute approximate surface area is 158 Å². The van der Waals surface area contributed by atoms with Gasteiger partial charge in [-0.2, -0.15) is 13.2 Å². The summed E-state index contributed by atoms with van der Waals surface area (Å²) in [5.41, 5.74) is 2.48. The van der Waals surface area contributed by atoms with Gasteiger partial charge < -0.3 is 4.90 Å². The van der Waals surface area contributed by atoms with Crippen molar-refractivity contribution in [1.29, 1.82) is 0 Å². The van der Waals surface area contributed by atoms with E-state index >= 15 is 0 Å². The predicted octanol–water partition coefficient (Wildman–Crippen LogP) is 5.91. The molecule has 0 saturated carbocycles. The first-order chi connectivity index (χ1) is 12.9. The van der Waals surface area contributed by atoms with Gasteiger partial charge in [0, 0.05) is 13.0 Å². The van der Waals surface area contributed by atoms with Gasteiger partial charge in [-0.3, -0.25) is 4.79 Å². The molecule has 0 aliphatic heterocycles. The third-order valence-electron chi connectivity index (χ3n) is 5.13. The number of carbonyl (C=O) groups is 1. The van der Waals surface area contributed by atoms with Gasteiger partial charge >= 0.3 is 6.18 Å². The van der Waals surface area contributed by atoms with Crippen molar-refractivity contribution in [2.75, 3.05) is 0 Å². The average Bonchev–Trinajstić information content (AvgIpc) is 2.65. The molecule has 3 rings (SSSR count).